The summed E-state index contributed by atoms with van der Waals surface area (Å²) in [7, 11) is 0. The molecule has 0 bridgehead atoms. The van der Waals surface area contributed by atoms with Gasteiger partial charge >= 0.3 is 0 Å². The lowest BCUT2D eigenvalue weighted by Crippen LogP contribution is -1.98. The molecule has 0 N–H and O–H groups in total. The number of nitrogens with zero attached hydrogens (tertiary/aromatic N) is 4. The summed E-state index contributed by atoms with van der Waals surface area (Å²) in [5.41, 5.74) is 1.87. The first-order valence-corrected chi connectivity index (χ1v) is 5.77. The molecular formula is C9H7ClN4S. The van der Waals surface area contributed by atoms with Crippen molar-refractivity contribution in [3.05, 3.63) is 22.5 Å². The van der Waals surface area contributed by atoms with Gasteiger partial charge in [0.15, 0.2) is 10.8 Å². The maximum Gasteiger partial charge on any atom is 0.158 e. The highest BCUT2D eigenvalue weighted by molar-refractivity contribution is 7.98. The highest BCUT2D eigenvalue weighted by Gasteiger charge is 2.14. The first-order valence-electron chi connectivity index (χ1n) is 4.17. The molecule has 15 heavy (non-hydrogen) atoms. The zero-order valence-electron chi connectivity index (χ0n) is 8.15. The number of aryl methyl sites for hydroxylation is 1. The molecule has 2 aromatic rings. The van der Waals surface area contributed by atoms with E-state index in [4.69, 9.17) is 16.9 Å². The lowest BCUT2D eigenvalue weighted by molar-refractivity contribution is 0.892. The fraction of sp³-hybridized carbons (Fsp3) is 0.222. The summed E-state index contributed by atoms with van der Waals surface area (Å²) < 4.78 is 1.48. The van der Waals surface area contributed by atoms with Crippen molar-refractivity contribution in [1.82, 2.24) is 14.6 Å². The van der Waals surface area contributed by atoms with Crippen molar-refractivity contribution in [3.8, 4) is 6.07 Å². The van der Waals surface area contributed by atoms with Crippen LogP contribution in [0.2, 0.25) is 5.15 Å². The minimum absolute atomic E-state index is 0.319. The summed E-state index contributed by atoms with van der Waals surface area (Å²) in [4.78, 5) is 4.30. The normalized spacial score (nSPS) is 10.5. The Morgan fingerprint density at radius 2 is 2.33 bits per heavy atom. The third-order valence-corrected chi connectivity index (χ3v) is 2.97. The molecule has 2 aromatic heterocycles. The second-order valence-electron chi connectivity index (χ2n) is 2.95. The number of nitriles is 1. The van der Waals surface area contributed by atoms with Gasteiger partial charge in [0.2, 0.25) is 0 Å². The SMILES string of the molecule is CSc1nc2cc(C)nn2c(Cl)c1C#N. The van der Waals surface area contributed by atoms with Crippen molar-refractivity contribution in [1.29, 1.82) is 5.26 Å². The van der Waals surface area contributed by atoms with E-state index < -0.39 is 0 Å². The van der Waals surface area contributed by atoms with Gasteiger partial charge in [-0.15, -0.1) is 11.8 Å². The quantitative estimate of drug-likeness (QED) is 0.565. The van der Waals surface area contributed by atoms with Crippen LogP contribution in [0.3, 0.4) is 0 Å². The predicted octanol–water partition coefficient (Wildman–Crippen LogP) is 2.28. The zero-order chi connectivity index (χ0) is 11.0. The Morgan fingerprint density at radius 3 is 2.93 bits per heavy atom. The first-order chi connectivity index (χ1) is 7.17. The van der Waals surface area contributed by atoms with Gasteiger partial charge in [-0.2, -0.15) is 10.4 Å². The molecule has 2 heterocycles. The third-order valence-electron chi connectivity index (χ3n) is 1.94. The van der Waals surface area contributed by atoms with Gasteiger partial charge in [0, 0.05) is 6.07 Å². The van der Waals surface area contributed by atoms with Gasteiger partial charge in [-0.05, 0) is 13.2 Å². The fourth-order valence-electron chi connectivity index (χ4n) is 1.31. The average Bonchev–Trinajstić information content (AvgIpc) is 2.59. The van der Waals surface area contributed by atoms with Crippen LogP contribution in [0.1, 0.15) is 11.3 Å². The Bertz CT molecular complexity index is 569. The van der Waals surface area contributed by atoms with Gasteiger partial charge in [-0.25, -0.2) is 9.50 Å². The standard InChI is InChI=1S/C9H7ClN4S/c1-5-3-7-12-9(15-2)6(4-11)8(10)14(7)13-5/h3H,1-2H3. The number of thioether (sulfide) groups is 1. The first kappa shape index (κ1) is 10.3. The Hall–Kier alpha value is -1.25. The summed E-state index contributed by atoms with van der Waals surface area (Å²) in [6.07, 6.45) is 1.86. The van der Waals surface area contributed by atoms with E-state index in [2.05, 4.69) is 10.1 Å². The molecule has 4 nitrogen and oxygen atoms in total. The lowest BCUT2D eigenvalue weighted by Gasteiger charge is -2.03. The molecule has 0 aliphatic rings. The predicted molar refractivity (Wildman–Crippen MR) is 59.2 cm³/mol. The van der Waals surface area contributed by atoms with Crippen LogP contribution in [0.25, 0.3) is 5.65 Å². The Kier molecular flexibility index (Phi) is 2.55. The van der Waals surface area contributed by atoms with Gasteiger partial charge in [-0.3, -0.25) is 0 Å². The number of aromatic nitrogens is 3. The molecule has 0 saturated heterocycles. The van der Waals surface area contributed by atoms with E-state index in [1.165, 1.54) is 16.3 Å². The smallest absolute Gasteiger partial charge is 0.158 e. The summed E-state index contributed by atoms with van der Waals surface area (Å²) in [5, 5.41) is 14.1. The second-order valence-corrected chi connectivity index (χ2v) is 4.11. The summed E-state index contributed by atoms with van der Waals surface area (Å²) in [6.45, 7) is 1.86. The van der Waals surface area contributed by atoms with Gasteiger partial charge in [-0.1, -0.05) is 11.6 Å². The van der Waals surface area contributed by atoms with Crippen LogP contribution in [0.4, 0.5) is 0 Å². The molecule has 0 radical (unpaired) electrons. The van der Waals surface area contributed by atoms with Crippen LogP contribution in [-0.2, 0) is 0 Å². The molecule has 0 unspecified atom stereocenters. The van der Waals surface area contributed by atoms with Gasteiger partial charge in [0.05, 0.1) is 5.69 Å². The van der Waals surface area contributed by atoms with Crippen LogP contribution in [0, 0.1) is 18.3 Å². The molecule has 76 valence electrons. The van der Waals surface area contributed by atoms with Crippen molar-refractivity contribution >= 4 is 29.0 Å². The van der Waals surface area contributed by atoms with Crippen LogP contribution in [0.15, 0.2) is 11.1 Å². The van der Waals surface area contributed by atoms with Crippen LogP contribution < -0.4 is 0 Å². The largest absolute Gasteiger partial charge is 0.221 e. The monoisotopic (exact) mass is 238 g/mol. The van der Waals surface area contributed by atoms with Crippen LogP contribution in [0.5, 0.6) is 0 Å². The van der Waals surface area contributed by atoms with Crippen molar-refractivity contribution in [3.63, 3.8) is 0 Å². The highest BCUT2D eigenvalue weighted by Crippen LogP contribution is 2.25. The molecule has 0 aromatic carbocycles. The number of halogens is 1. The molecule has 0 aliphatic carbocycles. The van der Waals surface area contributed by atoms with E-state index in [0.717, 1.165) is 5.69 Å². The molecule has 0 atom stereocenters. The second kappa shape index (κ2) is 3.72. The number of hydrogen-bond donors (Lipinski definition) is 0. The lowest BCUT2D eigenvalue weighted by atomic mass is 10.4. The number of fused-ring (bicyclic) bond motifs is 1. The Labute approximate surface area is 95.9 Å². The molecule has 0 fully saturated rings. The zero-order valence-corrected chi connectivity index (χ0v) is 9.72. The molecular weight excluding hydrogens is 232 g/mol. The maximum absolute atomic E-state index is 8.97. The van der Waals surface area contributed by atoms with Crippen molar-refractivity contribution in [2.24, 2.45) is 0 Å². The molecule has 6 heteroatoms. The van der Waals surface area contributed by atoms with E-state index in [1.807, 2.05) is 25.3 Å². The minimum atomic E-state index is 0.319. The van der Waals surface area contributed by atoms with Crippen molar-refractivity contribution in [2.45, 2.75) is 11.9 Å². The van der Waals surface area contributed by atoms with Gasteiger partial charge in [0.25, 0.3) is 0 Å². The molecule has 0 aliphatic heterocycles. The third kappa shape index (κ3) is 1.56. The van der Waals surface area contributed by atoms with E-state index in [-0.39, 0.29) is 0 Å². The van der Waals surface area contributed by atoms with Gasteiger partial charge in [0.1, 0.15) is 16.7 Å². The Morgan fingerprint density at radius 1 is 1.60 bits per heavy atom. The van der Waals surface area contributed by atoms with E-state index >= 15 is 0 Å². The van der Waals surface area contributed by atoms with E-state index in [9.17, 15) is 0 Å². The Balaban J connectivity index is 2.88. The molecule has 2 rings (SSSR count). The number of hydrogen-bond acceptors (Lipinski definition) is 4. The van der Waals surface area contributed by atoms with Gasteiger partial charge < -0.3 is 0 Å². The summed E-state index contributed by atoms with van der Waals surface area (Å²) >= 11 is 7.46. The van der Waals surface area contributed by atoms with Crippen molar-refractivity contribution in [2.75, 3.05) is 6.26 Å². The fourth-order valence-corrected chi connectivity index (χ4v) is 2.15. The van der Waals surface area contributed by atoms with Crippen LogP contribution in [-0.4, -0.2) is 20.9 Å². The molecule has 0 spiro atoms. The summed E-state index contributed by atoms with van der Waals surface area (Å²) in [5.74, 6) is 0. The molecule has 0 saturated carbocycles. The summed E-state index contributed by atoms with van der Waals surface area (Å²) in [6, 6.07) is 3.87. The van der Waals surface area contributed by atoms with E-state index in [1.54, 1.807) is 0 Å². The van der Waals surface area contributed by atoms with E-state index in [0.29, 0.717) is 21.4 Å². The number of rotatable bonds is 1. The van der Waals surface area contributed by atoms with Crippen LogP contribution >= 0.6 is 23.4 Å². The topological polar surface area (TPSA) is 54.0 Å². The highest BCUT2D eigenvalue weighted by atomic mass is 35.5. The minimum Gasteiger partial charge on any atom is -0.221 e. The average molecular weight is 239 g/mol. The van der Waals surface area contributed by atoms with Crippen molar-refractivity contribution < 1.29 is 0 Å². The maximum atomic E-state index is 8.97. The molecule has 0 amide bonds.